The molecule has 0 aliphatic rings. The van der Waals surface area contributed by atoms with E-state index in [0.29, 0.717) is 17.4 Å². The van der Waals surface area contributed by atoms with Gasteiger partial charge in [0.05, 0.1) is 40.3 Å². The number of nitrogens with zero attached hydrogens (tertiary/aromatic N) is 1. The summed E-state index contributed by atoms with van der Waals surface area (Å²) in [5, 5.41) is 11.8. The van der Waals surface area contributed by atoms with Crippen LogP contribution in [0, 0.1) is 0 Å². The maximum absolute atomic E-state index is 12.9. The van der Waals surface area contributed by atoms with Crippen molar-refractivity contribution in [3.05, 3.63) is 109 Å². The van der Waals surface area contributed by atoms with Crippen molar-refractivity contribution in [2.75, 3.05) is 47.5 Å². The van der Waals surface area contributed by atoms with Crippen molar-refractivity contribution in [3.63, 3.8) is 0 Å². The Balaban J connectivity index is 4.32. The van der Waals surface area contributed by atoms with Crippen LogP contribution in [0.2, 0.25) is 0 Å². The van der Waals surface area contributed by atoms with Gasteiger partial charge in [0, 0.05) is 12.8 Å². The number of carboxylic acids is 1. The van der Waals surface area contributed by atoms with Crippen molar-refractivity contribution < 1.29 is 42.9 Å². The van der Waals surface area contributed by atoms with Gasteiger partial charge in [0.15, 0.2) is 12.4 Å². The molecule has 428 valence electrons. The minimum atomic E-state index is -1.63. The summed E-state index contributed by atoms with van der Waals surface area (Å²) in [6, 6.07) is 0. The number of hydrogen-bond donors (Lipinski definition) is 0. The summed E-state index contributed by atoms with van der Waals surface area (Å²) in [5.41, 5.74) is 0. The molecule has 0 heterocycles. The normalized spacial score (nSPS) is 13.6. The van der Waals surface area contributed by atoms with Gasteiger partial charge in [-0.05, 0) is 103 Å². The van der Waals surface area contributed by atoms with Gasteiger partial charge >= 0.3 is 11.9 Å². The maximum atomic E-state index is 12.9. The van der Waals surface area contributed by atoms with E-state index in [4.69, 9.17) is 18.9 Å². The molecule has 0 spiro atoms. The van der Waals surface area contributed by atoms with E-state index in [1.807, 2.05) is 21.1 Å². The average Bonchev–Trinajstić information content (AvgIpc) is 3.38. The van der Waals surface area contributed by atoms with Gasteiger partial charge in [-0.2, -0.15) is 0 Å². The number of quaternary nitrogens is 1. The second kappa shape index (κ2) is 56.2. The van der Waals surface area contributed by atoms with Crippen LogP contribution in [0.1, 0.15) is 232 Å². The smallest absolute Gasteiger partial charge is 0.306 e. The van der Waals surface area contributed by atoms with Crippen LogP contribution in [0.25, 0.3) is 0 Å². The molecule has 0 aromatic heterocycles. The van der Waals surface area contributed by atoms with Gasteiger partial charge < -0.3 is 33.3 Å². The highest BCUT2D eigenvalue weighted by Gasteiger charge is 2.22. The van der Waals surface area contributed by atoms with Gasteiger partial charge in [-0.3, -0.25) is 9.59 Å². The predicted octanol–water partition coefficient (Wildman–Crippen LogP) is 16.6. The molecule has 0 saturated carbocycles. The third-order valence-corrected chi connectivity index (χ3v) is 12.5. The molecule has 0 fully saturated rings. The quantitative estimate of drug-likeness (QED) is 0.0195. The lowest BCUT2D eigenvalue weighted by molar-refractivity contribution is -0.870. The lowest BCUT2D eigenvalue weighted by Crippen LogP contribution is -2.44. The SMILES string of the molecule is CC/C=C\C/C=C\C/C=C\C/C=C\C/C=C\C/C=C\C/C=C\CCCCCCCC(=O)OC(COC(=O)CCCCCCCCCCCCC/C=C\C/C=C\CCCCCCC)COC(OCC[N+](C)(C)C)C(=O)[O-]. The summed E-state index contributed by atoms with van der Waals surface area (Å²) in [5.74, 6) is -2.32. The molecule has 0 aliphatic heterocycles. The largest absolute Gasteiger partial charge is 0.545 e. The molecule has 9 heteroatoms. The molecule has 0 saturated heterocycles. The van der Waals surface area contributed by atoms with Crippen molar-refractivity contribution in [2.45, 2.75) is 245 Å². The highest BCUT2D eigenvalue weighted by Crippen LogP contribution is 2.15. The molecule has 0 aromatic carbocycles. The van der Waals surface area contributed by atoms with Crippen molar-refractivity contribution in [1.82, 2.24) is 0 Å². The van der Waals surface area contributed by atoms with Gasteiger partial charge in [0.2, 0.25) is 0 Å². The van der Waals surface area contributed by atoms with Crippen molar-refractivity contribution in [2.24, 2.45) is 0 Å². The fourth-order valence-electron chi connectivity index (χ4n) is 7.90. The molecule has 0 aromatic rings. The summed E-state index contributed by atoms with van der Waals surface area (Å²) < 4.78 is 22.7. The fraction of sp³-hybridized carbons (Fsp3) is 0.682. The Hall–Kier alpha value is -4.05. The Morgan fingerprint density at radius 2 is 0.760 bits per heavy atom. The Morgan fingerprint density at radius 3 is 1.13 bits per heavy atom. The van der Waals surface area contributed by atoms with Gasteiger partial charge in [0.1, 0.15) is 13.2 Å². The number of hydrogen-bond acceptors (Lipinski definition) is 8. The number of unbranched alkanes of at least 4 members (excludes halogenated alkanes) is 21. The molecule has 0 bridgehead atoms. The van der Waals surface area contributed by atoms with Crippen molar-refractivity contribution >= 4 is 17.9 Å². The summed E-state index contributed by atoms with van der Waals surface area (Å²) in [6.45, 7) is 4.59. The van der Waals surface area contributed by atoms with E-state index >= 15 is 0 Å². The minimum Gasteiger partial charge on any atom is -0.545 e. The van der Waals surface area contributed by atoms with Gasteiger partial charge in [-0.1, -0.05) is 226 Å². The van der Waals surface area contributed by atoms with E-state index in [-0.39, 0.29) is 38.6 Å². The van der Waals surface area contributed by atoms with Gasteiger partial charge in [-0.25, -0.2) is 0 Å². The number of carboxylic acid groups (broad SMARTS) is 1. The number of allylic oxidation sites excluding steroid dienone is 18. The monoisotopic (exact) mass is 1050 g/mol. The molecular formula is C66H111NO8. The summed E-state index contributed by atoms with van der Waals surface area (Å²) in [6.07, 6.45) is 74.2. The molecule has 9 nitrogen and oxygen atoms in total. The third-order valence-electron chi connectivity index (χ3n) is 12.5. The third kappa shape index (κ3) is 57.5. The number of carbonyl (C=O) groups is 3. The van der Waals surface area contributed by atoms with Crippen LogP contribution in [0.15, 0.2) is 109 Å². The summed E-state index contributed by atoms with van der Waals surface area (Å²) >= 11 is 0. The number of carbonyl (C=O) groups excluding carboxylic acids is 3. The highest BCUT2D eigenvalue weighted by molar-refractivity contribution is 5.70. The lowest BCUT2D eigenvalue weighted by atomic mass is 10.0. The van der Waals surface area contributed by atoms with E-state index in [1.54, 1.807) is 0 Å². The van der Waals surface area contributed by atoms with Crippen LogP contribution in [0.3, 0.4) is 0 Å². The second-order valence-electron chi connectivity index (χ2n) is 20.9. The molecule has 0 amide bonds. The van der Waals surface area contributed by atoms with Crippen molar-refractivity contribution in [1.29, 1.82) is 0 Å². The minimum absolute atomic E-state index is 0.137. The van der Waals surface area contributed by atoms with Crippen molar-refractivity contribution in [3.8, 4) is 0 Å². The molecule has 0 aliphatic carbocycles. The van der Waals surface area contributed by atoms with E-state index < -0.39 is 24.3 Å². The number of ether oxygens (including phenoxy) is 4. The second-order valence-corrected chi connectivity index (χ2v) is 20.9. The molecular weight excluding hydrogens is 935 g/mol. The Kier molecular flexibility index (Phi) is 53.1. The van der Waals surface area contributed by atoms with Crippen LogP contribution in [-0.4, -0.2) is 82.3 Å². The first-order chi connectivity index (χ1) is 36.6. The van der Waals surface area contributed by atoms with E-state index in [2.05, 4.69) is 123 Å². The van der Waals surface area contributed by atoms with Gasteiger partial charge in [-0.15, -0.1) is 0 Å². The summed E-state index contributed by atoms with van der Waals surface area (Å²) in [7, 11) is 5.91. The molecule has 75 heavy (non-hydrogen) atoms. The Morgan fingerprint density at radius 1 is 0.413 bits per heavy atom. The van der Waals surface area contributed by atoms with E-state index in [9.17, 15) is 19.5 Å². The number of rotatable bonds is 54. The predicted molar refractivity (Wildman–Crippen MR) is 315 cm³/mol. The Bertz CT molecular complexity index is 1590. The van der Waals surface area contributed by atoms with Crippen LogP contribution >= 0.6 is 0 Å². The standard InChI is InChI=1S/C66H111NO8/c1-6-8-10-12-14-16-18-20-22-24-26-28-30-31-32-33-35-37-39-41-43-45-47-49-51-53-55-57-64(69)75-62(61-74-66(65(70)71)72-59-58-67(3,4)5)60-73-63(68)56-54-52-50-48-46-44-42-40-38-36-34-29-27-25-23-21-19-17-15-13-11-9-7-2/h8,10,14,16,19-22,25-28,31-32,35,37,41,43,62,66H,6-7,9,11-13,15,17-18,23-24,29-30,33-34,36,38-40,42,44-61H2,1-5H3/b10-8-,16-14-,21-19-,22-20-,27-25-,28-26-,32-31-,37-35-,43-41-. The summed E-state index contributed by atoms with van der Waals surface area (Å²) in [4.78, 5) is 37.3. The zero-order chi connectivity index (χ0) is 54.8. The zero-order valence-corrected chi connectivity index (χ0v) is 48.6. The van der Waals surface area contributed by atoms with Gasteiger partial charge in [0.25, 0.3) is 0 Å². The highest BCUT2D eigenvalue weighted by atomic mass is 16.7. The zero-order valence-electron chi connectivity index (χ0n) is 48.6. The first kappa shape index (κ1) is 71.0. The Labute approximate surface area is 460 Å². The number of likely N-dealkylation sites (N-methyl/N-ethyl adjacent to an activating group) is 1. The molecule has 0 N–H and O–H groups in total. The van der Waals surface area contributed by atoms with Crippen LogP contribution in [0.5, 0.6) is 0 Å². The first-order valence-electron chi connectivity index (χ1n) is 30.0. The molecule has 0 radical (unpaired) electrons. The first-order valence-corrected chi connectivity index (χ1v) is 30.0. The number of esters is 2. The topological polar surface area (TPSA) is 111 Å². The number of aliphatic carboxylic acids is 1. The molecule has 0 rings (SSSR count). The van der Waals surface area contributed by atoms with Crippen LogP contribution in [0.4, 0.5) is 0 Å². The molecule has 2 atom stereocenters. The van der Waals surface area contributed by atoms with Crippen LogP contribution in [-0.2, 0) is 33.3 Å². The fourth-order valence-corrected chi connectivity index (χ4v) is 7.90. The lowest BCUT2D eigenvalue weighted by Gasteiger charge is -2.26. The maximum Gasteiger partial charge on any atom is 0.306 e. The average molecular weight is 1050 g/mol. The van der Waals surface area contributed by atoms with E-state index in [0.717, 1.165) is 103 Å². The molecule has 2 unspecified atom stereocenters. The van der Waals surface area contributed by atoms with Crippen LogP contribution < -0.4 is 5.11 Å². The van der Waals surface area contributed by atoms with E-state index in [1.165, 1.54) is 96.3 Å².